The van der Waals surface area contributed by atoms with Crippen LogP contribution in [0, 0.1) is 25.7 Å². The number of nitrogens with zero attached hydrogens (tertiary/aromatic N) is 2. The first-order valence-corrected chi connectivity index (χ1v) is 6.43. The van der Waals surface area contributed by atoms with Crippen LogP contribution >= 0.6 is 0 Å². The van der Waals surface area contributed by atoms with Crippen molar-refractivity contribution in [1.29, 1.82) is 0 Å². The lowest BCUT2D eigenvalue weighted by atomic mass is 10.1. The summed E-state index contributed by atoms with van der Waals surface area (Å²) in [6.45, 7) is 4.53. The maximum atomic E-state index is 12.0. The van der Waals surface area contributed by atoms with E-state index in [4.69, 9.17) is 5.73 Å². The molecule has 4 nitrogen and oxygen atoms in total. The van der Waals surface area contributed by atoms with Crippen molar-refractivity contribution in [3.63, 3.8) is 0 Å². The summed E-state index contributed by atoms with van der Waals surface area (Å²) in [6.07, 6.45) is 0. The van der Waals surface area contributed by atoms with E-state index in [0.717, 1.165) is 22.6 Å². The minimum absolute atomic E-state index is 0.0259. The van der Waals surface area contributed by atoms with Gasteiger partial charge in [0, 0.05) is 17.3 Å². The van der Waals surface area contributed by atoms with Gasteiger partial charge in [0.2, 0.25) is 0 Å². The zero-order valence-corrected chi connectivity index (χ0v) is 11.7. The van der Waals surface area contributed by atoms with Gasteiger partial charge in [-0.05, 0) is 31.5 Å². The Balaban J connectivity index is 2.25. The fraction of sp³-hybridized carbons (Fsp3) is 0.250. The molecule has 0 spiro atoms. The molecule has 2 rings (SSSR count). The fourth-order valence-electron chi connectivity index (χ4n) is 1.99. The predicted octanol–water partition coefficient (Wildman–Crippen LogP) is 1.22. The molecule has 0 amide bonds. The summed E-state index contributed by atoms with van der Waals surface area (Å²) in [7, 11) is 0. The van der Waals surface area contributed by atoms with Crippen molar-refractivity contribution >= 4 is 0 Å². The van der Waals surface area contributed by atoms with Crippen molar-refractivity contribution in [3.8, 4) is 11.8 Å². The number of hydrogen-bond acceptors (Lipinski definition) is 3. The first kappa shape index (κ1) is 14.0. The maximum absolute atomic E-state index is 12.0. The molecular formula is C16H17N3O. The third-order valence-corrected chi connectivity index (χ3v) is 2.96. The van der Waals surface area contributed by atoms with Gasteiger partial charge in [-0.2, -0.15) is 0 Å². The van der Waals surface area contributed by atoms with Crippen molar-refractivity contribution in [2.75, 3.05) is 6.54 Å². The van der Waals surface area contributed by atoms with Crippen LogP contribution in [0.5, 0.6) is 0 Å². The van der Waals surface area contributed by atoms with Gasteiger partial charge < -0.3 is 5.73 Å². The van der Waals surface area contributed by atoms with Crippen LogP contribution < -0.4 is 11.3 Å². The van der Waals surface area contributed by atoms with E-state index in [1.54, 1.807) is 10.6 Å². The Bertz CT molecular complexity index is 718. The van der Waals surface area contributed by atoms with E-state index in [1.807, 2.05) is 38.1 Å². The predicted molar refractivity (Wildman–Crippen MR) is 79.4 cm³/mol. The zero-order chi connectivity index (χ0) is 14.5. The molecule has 0 saturated heterocycles. The Morgan fingerprint density at radius 3 is 2.55 bits per heavy atom. The van der Waals surface area contributed by atoms with Crippen LogP contribution in [0.1, 0.15) is 22.6 Å². The first-order chi connectivity index (χ1) is 9.60. The molecule has 0 atom stereocenters. The van der Waals surface area contributed by atoms with Gasteiger partial charge in [-0.1, -0.05) is 24.0 Å². The van der Waals surface area contributed by atoms with Crippen molar-refractivity contribution in [2.24, 2.45) is 5.73 Å². The van der Waals surface area contributed by atoms with E-state index in [9.17, 15) is 4.79 Å². The minimum atomic E-state index is -0.0259. The number of aryl methyl sites for hydroxylation is 2. The summed E-state index contributed by atoms with van der Waals surface area (Å²) in [6, 6.07) is 9.34. The van der Waals surface area contributed by atoms with E-state index in [2.05, 4.69) is 16.8 Å². The molecule has 0 aliphatic rings. The summed E-state index contributed by atoms with van der Waals surface area (Å²) in [5.74, 6) is 6.50. The Morgan fingerprint density at radius 2 is 1.95 bits per heavy atom. The highest BCUT2D eigenvalue weighted by molar-refractivity contribution is 5.36. The number of hydrogen-bond donors (Lipinski definition) is 1. The Labute approximate surface area is 118 Å². The van der Waals surface area contributed by atoms with Crippen LogP contribution in [0.25, 0.3) is 0 Å². The van der Waals surface area contributed by atoms with Crippen LogP contribution in [-0.4, -0.2) is 16.1 Å². The minimum Gasteiger partial charge on any atom is -0.320 e. The van der Waals surface area contributed by atoms with Crippen LogP contribution in [0.3, 0.4) is 0 Å². The summed E-state index contributed by atoms with van der Waals surface area (Å²) < 4.78 is 1.66. The number of aromatic nitrogens is 2. The molecule has 102 valence electrons. The lowest BCUT2D eigenvalue weighted by Crippen LogP contribution is -2.24. The van der Waals surface area contributed by atoms with Gasteiger partial charge in [0.1, 0.15) is 5.82 Å². The van der Waals surface area contributed by atoms with E-state index in [1.165, 1.54) is 0 Å². The molecule has 0 bridgehead atoms. The molecule has 1 heterocycles. The van der Waals surface area contributed by atoms with Gasteiger partial charge in [0.25, 0.3) is 5.56 Å². The van der Waals surface area contributed by atoms with Gasteiger partial charge >= 0.3 is 0 Å². The second-order valence-electron chi connectivity index (χ2n) is 4.57. The maximum Gasteiger partial charge on any atom is 0.254 e. The summed E-state index contributed by atoms with van der Waals surface area (Å²) in [5, 5.41) is 0. The monoisotopic (exact) mass is 267 g/mol. The highest BCUT2D eigenvalue weighted by atomic mass is 16.1. The lowest BCUT2D eigenvalue weighted by molar-refractivity contribution is 0.694. The average Bonchev–Trinajstić information content (AvgIpc) is 2.42. The first-order valence-electron chi connectivity index (χ1n) is 6.43. The average molecular weight is 267 g/mol. The third kappa shape index (κ3) is 3.34. The summed E-state index contributed by atoms with van der Waals surface area (Å²) in [5.41, 5.74) is 8.02. The van der Waals surface area contributed by atoms with E-state index < -0.39 is 0 Å². The number of rotatable bonds is 2. The fourth-order valence-corrected chi connectivity index (χ4v) is 1.99. The zero-order valence-electron chi connectivity index (χ0n) is 11.7. The van der Waals surface area contributed by atoms with Crippen LogP contribution in [0.4, 0.5) is 0 Å². The topological polar surface area (TPSA) is 60.9 Å². The molecule has 2 N–H and O–H groups in total. The van der Waals surface area contributed by atoms with Crippen molar-refractivity contribution < 1.29 is 0 Å². The number of nitrogens with two attached hydrogens (primary N) is 1. The molecule has 0 aliphatic heterocycles. The molecule has 4 heteroatoms. The SMILES string of the molecule is Cc1cc(=O)n(Cc2ccc(C#CCN)cc2)c(C)n1. The van der Waals surface area contributed by atoms with E-state index in [-0.39, 0.29) is 5.56 Å². The van der Waals surface area contributed by atoms with Gasteiger partial charge in [0.15, 0.2) is 0 Å². The summed E-state index contributed by atoms with van der Waals surface area (Å²) >= 11 is 0. The Hall–Kier alpha value is -2.38. The largest absolute Gasteiger partial charge is 0.320 e. The van der Waals surface area contributed by atoms with Gasteiger partial charge in [0.05, 0.1) is 13.1 Å². The van der Waals surface area contributed by atoms with Crippen molar-refractivity contribution in [3.05, 3.63) is 63.3 Å². The van der Waals surface area contributed by atoms with E-state index >= 15 is 0 Å². The molecule has 1 aromatic heterocycles. The smallest absolute Gasteiger partial charge is 0.254 e. The number of benzene rings is 1. The molecule has 0 saturated carbocycles. The third-order valence-electron chi connectivity index (χ3n) is 2.96. The quantitative estimate of drug-likeness (QED) is 0.832. The highest BCUT2D eigenvalue weighted by Crippen LogP contribution is 2.06. The standard InChI is InChI=1S/C16H17N3O/c1-12-10-16(20)19(13(2)18-12)11-15-7-5-14(6-8-15)4-3-9-17/h5-8,10H,9,11,17H2,1-2H3. The van der Waals surface area contributed by atoms with E-state index in [0.29, 0.717) is 13.1 Å². The van der Waals surface area contributed by atoms with Gasteiger partial charge in [-0.15, -0.1) is 0 Å². The van der Waals surface area contributed by atoms with Crippen molar-refractivity contribution in [2.45, 2.75) is 20.4 Å². The lowest BCUT2D eigenvalue weighted by Gasteiger charge is -2.09. The molecule has 20 heavy (non-hydrogen) atoms. The molecule has 0 unspecified atom stereocenters. The normalized spacial score (nSPS) is 9.95. The molecule has 0 radical (unpaired) electrons. The summed E-state index contributed by atoms with van der Waals surface area (Å²) in [4.78, 5) is 16.3. The van der Waals surface area contributed by atoms with Crippen LogP contribution in [-0.2, 0) is 6.54 Å². The van der Waals surface area contributed by atoms with Crippen molar-refractivity contribution in [1.82, 2.24) is 9.55 Å². The molecule has 0 fully saturated rings. The molecule has 2 aromatic rings. The van der Waals surface area contributed by atoms with Gasteiger partial charge in [-0.3, -0.25) is 9.36 Å². The van der Waals surface area contributed by atoms with Gasteiger partial charge in [-0.25, -0.2) is 4.98 Å². The second kappa shape index (κ2) is 6.18. The second-order valence-corrected chi connectivity index (χ2v) is 4.57. The molecule has 1 aromatic carbocycles. The van der Waals surface area contributed by atoms with Crippen LogP contribution in [0.2, 0.25) is 0 Å². The van der Waals surface area contributed by atoms with Crippen LogP contribution in [0.15, 0.2) is 35.1 Å². The highest BCUT2D eigenvalue weighted by Gasteiger charge is 2.03. The Morgan fingerprint density at radius 1 is 1.25 bits per heavy atom. The molecule has 0 aliphatic carbocycles. The molecular weight excluding hydrogens is 250 g/mol. The Kier molecular flexibility index (Phi) is 4.34.